The van der Waals surface area contributed by atoms with Gasteiger partial charge in [0.15, 0.2) is 0 Å². The van der Waals surface area contributed by atoms with Crippen molar-refractivity contribution < 1.29 is 0 Å². The Morgan fingerprint density at radius 2 is 1.70 bits per heavy atom. The van der Waals surface area contributed by atoms with Gasteiger partial charge >= 0.3 is 0 Å². The molecule has 0 radical (unpaired) electrons. The molecule has 0 saturated heterocycles. The Balaban J connectivity index is 1.95. The summed E-state index contributed by atoms with van der Waals surface area (Å²) >= 11 is 0. The normalized spacial score (nSPS) is 12.3. The summed E-state index contributed by atoms with van der Waals surface area (Å²) in [5.74, 6) is 0. The lowest BCUT2D eigenvalue weighted by Gasteiger charge is -2.13. The van der Waals surface area contributed by atoms with Gasteiger partial charge in [-0.25, -0.2) is 0 Å². The standard InChI is InChI=1S/C19H25N/c1-3-5-17-6-4-7-18(14-17)19(20)13-12-16-10-8-15(2)9-11-16/h4,6-11,14,19H,3,5,12-13,20H2,1-2H3. The van der Waals surface area contributed by atoms with Crippen molar-refractivity contribution in [2.45, 2.75) is 45.6 Å². The second kappa shape index (κ2) is 7.25. The average molecular weight is 267 g/mol. The van der Waals surface area contributed by atoms with Crippen LogP contribution in [0.4, 0.5) is 0 Å². The molecule has 0 heterocycles. The zero-order valence-corrected chi connectivity index (χ0v) is 12.6. The molecule has 0 amide bonds. The van der Waals surface area contributed by atoms with Crippen LogP contribution in [-0.2, 0) is 12.8 Å². The van der Waals surface area contributed by atoms with Crippen LogP contribution in [0.3, 0.4) is 0 Å². The Bertz CT molecular complexity index is 528. The number of rotatable bonds is 6. The second-order valence-electron chi connectivity index (χ2n) is 5.63. The van der Waals surface area contributed by atoms with Crippen molar-refractivity contribution in [1.82, 2.24) is 0 Å². The maximum absolute atomic E-state index is 6.34. The van der Waals surface area contributed by atoms with Gasteiger partial charge in [-0.15, -0.1) is 0 Å². The molecule has 106 valence electrons. The van der Waals surface area contributed by atoms with E-state index in [4.69, 9.17) is 5.73 Å². The predicted molar refractivity (Wildman–Crippen MR) is 86.9 cm³/mol. The fourth-order valence-corrected chi connectivity index (χ4v) is 2.51. The molecule has 1 heteroatoms. The molecule has 0 spiro atoms. The fraction of sp³-hybridized carbons (Fsp3) is 0.368. The molecule has 1 unspecified atom stereocenters. The minimum atomic E-state index is 0.133. The summed E-state index contributed by atoms with van der Waals surface area (Å²) in [6.07, 6.45) is 4.36. The van der Waals surface area contributed by atoms with E-state index in [-0.39, 0.29) is 6.04 Å². The molecule has 0 saturated carbocycles. The van der Waals surface area contributed by atoms with Crippen LogP contribution in [-0.4, -0.2) is 0 Å². The minimum Gasteiger partial charge on any atom is -0.324 e. The first kappa shape index (κ1) is 14.8. The van der Waals surface area contributed by atoms with Gasteiger partial charge in [0, 0.05) is 6.04 Å². The zero-order chi connectivity index (χ0) is 14.4. The highest BCUT2D eigenvalue weighted by Gasteiger charge is 2.07. The summed E-state index contributed by atoms with van der Waals surface area (Å²) in [5, 5.41) is 0. The first-order valence-electron chi connectivity index (χ1n) is 7.59. The van der Waals surface area contributed by atoms with E-state index in [1.807, 2.05) is 0 Å². The molecule has 20 heavy (non-hydrogen) atoms. The summed E-state index contributed by atoms with van der Waals surface area (Å²) in [4.78, 5) is 0. The highest BCUT2D eigenvalue weighted by atomic mass is 14.6. The van der Waals surface area contributed by atoms with Gasteiger partial charge in [0.05, 0.1) is 0 Å². The molecule has 1 atom stereocenters. The van der Waals surface area contributed by atoms with Gasteiger partial charge in [0.1, 0.15) is 0 Å². The van der Waals surface area contributed by atoms with Gasteiger partial charge in [-0.2, -0.15) is 0 Å². The van der Waals surface area contributed by atoms with E-state index >= 15 is 0 Å². The van der Waals surface area contributed by atoms with Gasteiger partial charge in [0.25, 0.3) is 0 Å². The number of hydrogen-bond acceptors (Lipinski definition) is 1. The Kier molecular flexibility index (Phi) is 5.37. The zero-order valence-electron chi connectivity index (χ0n) is 12.6. The summed E-state index contributed by atoms with van der Waals surface area (Å²) in [6.45, 7) is 4.33. The Labute approximate surface area is 122 Å². The van der Waals surface area contributed by atoms with E-state index in [1.54, 1.807) is 0 Å². The third-order valence-corrected chi connectivity index (χ3v) is 3.78. The number of nitrogens with two attached hydrogens (primary N) is 1. The molecule has 2 aromatic carbocycles. The third kappa shape index (κ3) is 4.21. The van der Waals surface area contributed by atoms with Crippen LogP contribution in [0.5, 0.6) is 0 Å². The van der Waals surface area contributed by atoms with Crippen molar-refractivity contribution in [3.8, 4) is 0 Å². The first-order chi connectivity index (χ1) is 9.69. The molecule has 0 aromatic heterocycles. The summed E-state index contributed by atoms with van der Waals surface area (Å²) in [7, 11) is 0. The highest BCUT2D eigenvalue weighted by molar-refractivity contribution is 5.27. The van der Waals surface area contributed by atoms with Gasteiger partial charge in [-0.1, -0.05) is 67.4 Å². The van der Waals surface area contributed by atoms with Gasteiger partial charge in [-0.3, -0.25) is 0 Å². The quantitative estimate of drug-likeness (QED) is 0.814. The van der Waals surface area contributed by atoms with Crippen molar-refractivity contribution in [2.24, 2.45) is 5.73 Å². The fourth-order valence-electron chi connectivity index (χ4n) is 2.51. The molecule has 2 N–H and O–H groups in total. The van der Waals surface area contributed by atoms with Crippen LogP contribution >= 0.6 is 0 Å². The maximum atomic E-state index is 6.34. The van der Waals surface area contributed by atoms with E-state index in [0.29, 0.717) is 0 Å². The van der Waals surface area contributed by atoms with Crippen LogP contribution in [0.15, 0.2) is 48.5 Å². The first-order valence-corrected chi connectivity index (χ1v) is 7.59. The second-order valence-corrected chi connectivity index (χ2v) is 5.63. The Hall–Kier alpha value is -1.60. The van der Waals surface area contributed by atoms with Gasteiger partial charge in [-0.05, 0) is 42.9 Å². The lowest BCUT2D eigenvalue weighted by Crippen LogP contribution is -2.11. The number of hydrogen-bond donors (Lipinski definition) is 1. The van der Waals surface area contributed by atoms with Crippen molar-refractivity contribution in [1.29, 1.82) is 0 Å². The van der Waals surface area contributed by atoms with E-state index in [1.165, 1.54) is 28.7 Å². The van der Waals surface area contributed by atoms with Gasteiger partial charge in [0.2, 0.25) is 0 Å². The van der Waals surface area contributed by atoms with Crippen molar-refractivity contribution in [3.63, 3.8) is 0 Å². The molecule has 1 nitrogen and oxygen atoms in total. The SMILES string of the molecule is CCCc1cccc(C(N)CCc2ccc(C)cc2)c1. The van der Waals surface area contributed by atoms with Crippen LogP contribution in [0.1, 0.15) is 48.1 Å². The molecule has 0 aliphatic rings. The van der Waals surface area contributed by atoms with E-state index in [2.05, 4.69) is 62.4 Å². The minimum absolute atomic E-state index is 0.133. The molecule has 0 aliphatic heterocycles. The molecule has 0 aliphatic carbocycles. The van der Waals surface area contributed by atoms with Crippen LogP contribution in [0.2, 0.25) is 0 Å². The van der Waals surface area contributed by atoms with E-state index < -0.39 is 0 Å². The van der Waals surface area contributed by atoms with Crippen molar-refractivity contribution >= 4 is 0 Å². The van der Waals surface area contributed by atoms with Crippen molar-refractivity contribution in [2.75, 3.05) is 0 Å². The molecule has 0 bridgehead atoms. The maximum Gasteiger partial charge on any atom is 0.0298 e. The predicted octanol–water partition coefficient (Wildman–Crippen LogP) is 4.58. The highest BCUT2D eigenvalue weighted by Crippen LogP contribution is 2.19. The number of benzene rings is 2. The Morgan fingerprint density at radius 3 is 2.40 bits per heavy atom. The molecule has 2 aromatic rings. The monoisotopic (exact) mass is 267 g/mol. The summed E-state index contributed by atoms with van der Waals surface area (Å²) in [5.41, 5.74) is 11.7. The summed E-state index contributed by atoms with van der Waals surface area (Å²) < 4.78 is 0. The molecular weight excluding hydrogens is 242 g/mol. The topological polar surface area (TPSA) is 26.0 Å². The smallest absolute Gasteiger partial charge is 0.0298 e. The van der Waals surface area contributed by atoms with Crippen LogP contribution in [0, 0.1) is 6.92 Å². The largest absolute Gasteiger partial charge is 0.324 e. The lowest BCUT2D eigenvalue weighted by molar-refractivity contribution is 0.650. The molecular formula is C19H25N. The molecule has 2 rings (SSSR count). The van der Waals surface area contributed by atoms with E-state index in [9.17, 15) is 0 Å². The molecule has 0 fully saturated rings. The average Bonchev–Trinajstić information content (AvgIpc) is 2.47. The van der Waals surface area contributed by atoms with Crippen molar-refractivity contribution in [3.05, 3.63) is 70.8 Å². The van der Waals surface area contributed by atoms with E-state index in [0.717, 1.165) is 19.3 Å². The third-order valence-electron chi connectivity index (χ3n) is 3.78. The summed E-state index contributed by atoms with van der Waals surface area (Å²) in [6, 6.07) is 17.6. The Morgan fingerprint density at radius 1 is 0.950 bits per heavy atom. The van der Waals surface area contributed by atoms with Crippen LogP contribution < -0.4 is 5.73 Å². The number of aryl methyl sites for hydroxylation is 3. The van der Waals surface area contributed by atoms with Gasteiger partial charge < -0.3 is 5.73 Å². The lowest BCUT2D eigenvalue weighted by atomic mass is 9.97. The van der Waals surface area contributed by atoms with Crippen LogP contribution in [0.25, 0.3) is 0 Å².